The predicted molar refractivity (Wildman–Crippen MR) is 105 cm³/mol. The quantitative estimate of drug-likeness (QED) is 0.610. The molecule has 1 aliphatic rings. The Hall–Kier alpha value is -2.77. The molecule has 8 heteroatoms. The number of hydrogen-bond donors (Lipinski definition) is 0. The smallest absolute Gasteiger partial charge is 0.347 e. The van der Waals surface area contributed by atoms with E-state index in [1.54, 1.807) is 50.1 Å². The molecule has 1 aliphatic heterocycles. The van der Waals surface area contributed by atoms with Crippen molar-refractivity contribution >= 4 is 17.8 Å². The molecule has 2 unspecified atom stereocenters. The molecular formula is C21H29NO7. The van der Waals surface area contributed by atoms with Gasteiger partial charge in [0, 0.05) is 13.1 Å². The van der Waals surface area contributed by atoms with Gasteiger partial charge in [-0.15, -0.1) is 0 Å². The second kappa shape index (κ2) is 10.7. The number of hydrogen-bond acceptors (Lipinski definition) is 7. The zero-order valence-corrected chi connectivity index (χ0v) is 17.4. The molecule has 0 saturated carbocycles. The first kappa shape index (κ1) is 22.5. The van der Waals surface area contributed by atoms with E-state index in [1.807, 2.05) is 0 Å². The molecule has 29 heavy (non-hydrogen) atoms. The lowest BCUT2D eigenvalue weighted by Gasteiger charge is -2.32. The SMILES string of the molecule is CCOC(=O)C1CCN(C(=O)C(C)OC(=O)C(C)Oc2ccc(OC)cc2)CC1. The summed E-state index contributed by atoms with van der Waals surface area (Å²) in [5.41, 5.74) is 0. The first-order chi connectivity index (χ1) is 13.8. The van der Waals surface area contributed by atoms with Crippen LogP contribution in [0.5, 0.6) is 11.5 Å². The molecule has 0 aliphatic carbocycles. The molecule has 1 amide bonds. The van der Waals surface area contributed by atoms with Crippen LogP contribution in [0.1, 0.15) is 33.6 Å². The van der Waals surface area contributed by atoms with Crippen LogP contribution in [0.2, 0.25) is 0 Å². The third kappa shape index (κ3) is 6.37. The largest absolute Gasteiger partial charge is 0.497 e. The highest BCUT2D eigenvalue weighted by atomic mass is 16.6. The number of piperidine rings is 1. The van der Waals surface area contributed by atoms with E-state index in [-0.39, 0.29) is 17.8 Å². The minimum absolute atomic E-state index is 0.185. The average Bonchev–Trinajstić information content (AvgIpc) is 2.73. The number of carbonyl (C=O) groups excluding carboxylic acids is 3. The van der Waals surface area contributed by atoms with Crippen LogP contribution in [0.15, 0.2) is 24.3 Å². The van der Waals surface area contributed by atoms with Gasteiger partial charge in [-0.2, -0.15) is 0 Å². The summed E-state index contributed by atoms with van der Waals surface area (Å²) in [4.78, 5) is 38.3. The molecule has 0 aromatic heterocycles. The third-order valence-corrected chi connectivity index (χ3v) is 4.77. The van der Waals surface area contributed by atoms with Gasteiger partial charge in [-0.05, 0) is 57.9 Å². The fourth-order valence-electron chi connectivity index (χ4n) is 3.08. The zero-order valence-electron chi connectivity index (χ0n) is 17.4. The van der Waals surface area contributed by atoms with E-state index in [0.29, 0.717) is 44.0 Å². The molecule has 1 heterocycles. The highest BCUT2D eigenvalue weighted by Gasteiger charge is 2.32. The van der Waals surface area contributed by atoms with Crippen molar-refractivity contribution in [2.75, 3.05) is 26.8 Å². The van der Waals surface area contributed by atoms with Crippen molar-refractivity contribution < 1.29 is 33.3 Å². The van der Waals surface area contributed by atoms with Crippen LogP contribution < -0.4 is 9.47 Å². The molecule has 0 spiro atoms. The minimum atomic E-state index is -0.927. The number of amides is 1. The molecule has 160 valence electrons. The summed E-state index contributed by atoms with van der Waals surface area (Å²) in [5.74, 6) is -0.132. The Labute approximate surface area is 171 Å². The summed E-state index contributed by atoms with van der Waals surface area (Å²) in [5, 5.41) is 0. The Morgan fingerprint density at radius 3 is 2.17 bits per heavy atom. The van der Waals surface area contributed by atoms with E-state index in [0.717, 1.165) is 0 Å². The maximum absolute atomic E-state index is 12.6. The van der Waals surface area contributed by atoms with E-state index >= 15 is 0 Å². The summed E-state index contributed by atoms with van der Waals surface area (Å²) in [6, 6.07) is 6.81. The predicted octanol–water partition coefficient (Wildman–Crippen LogP) is 2.20. The van der Waals surface area contributed by atoms with Crippen molar-refractivity contribution in [3.8, 4) is 11.5 Å². The van der Waals surface area contributed by atoms with E-state index in [1.165, 1.54) is 6.92 Å². The molecule has 0 radical (unpaired) electrons. The highest BCUT2D eigenvalue weighted by Crippen LogP contribution is 2.21. The molecule has 2 rings (SSSR count). The Kier molecular flexibility index (Phi) is 8.30. The Bertz CT molecular complexity index is 695. The van der Waals surface area contributed by atoms with Crippen LogP contribution >= 0.6 is 0 Å². The van der Waals surface area contributed by atoms with E-state index in [2.05, 4.69) is 0 Å². The van der Waals surface area contributed by atoms with E-state index < -0.39 is 18.2 Å². The van der Waals surface area contributed by atoms with Gasteiger partial charge in [0.25, 0.3) is 5.91 Å². The maximum atomic E-state index is 12.6. The number of nitrogens with zero attached hydrogens (tertiary/aromatic N) is 1. The molecule has 2 atom stereocenters. The van der Waals surface area contributed by atoms with Crippen LogP contribution in [-0.4, -0.2) is 61.8 Å². The Balaban J connectivity index is 1.80. The molecule has 0 bridgehead atoms. The number of methoxy groups -OCH3 is 1. The number of benzene rings is 1. The second-order valence-corrected chi connectivity index (χ2v) is 6.87. The van der Waals surface area contributed by atoms with Gasteiger partial charge in [0.05, 0.1) is 19.6 Å². The summed E-state index contributed by atoms with van der Waals surface area (Å²) < 4.78 is 21.0. The van der Waals surface area contributed by atoms with Gasteiger partial charge in [-0.3, -0.25) is 9.59 Å². The van der Waals surface area contributed by atoms with Crippen molar-refractivity contribution in [1.82, 2.24) is 4.90 Å². The third-order valence-electron chi connectivity index (χ3n) is 4.77. The summed E-state index contributed by atoms with van der Waals surface area (Å²) in [7, 11) is 1.56. The molecule has 1 saturated heterocycles. The standard InChI is InChI=1S/C21H29NO7/c1-5-27-21(25)16-10-12-22(13-11-16)19(23)14(2)29-20(24)15(3)28-18-8-6-17(26-4)7-9-18/h6-9,14-16H,5,10-13H2,1-4H3. The van der Waals surface area contributed by atoms with Crippen molar-refractivity contribution in [3.05, 3.63) is 24.3 Å². The van der Waals surface area contributed by atoms with Crippen LogP contribution in [0.25, 0.3) is 0 Å². The zero-order chi connectivity index (χ0) is 21.4. The topological polar surface area (TPSA) is 91.4 Å². The number of ether oxygens (including phenoxy) is 4. The number of esters is 2. The summed E-state index contributed by atoms with van der Waals surface area (Å²) in [6.07, 6.45) is -0.707. The minimum Gasteiger partial charge on any atom is -0.497 e. The fourth-order valence-corrected chi connectivity index (χ4v) is 3.08. The van der Waals surface area contributed by atoms with Crippen LogP contribution in [-0.2, 0) is 23.9 Å². The molecule has 8 nitrogen and oxygen atoms in total. The normalized spacial score (nSPS) is 16.5. The van der Waals surface area contributed by atoms with Gasteiger partial charge in [0.2, 0.25) is 0 Å². The van der Waals surface area contributed by atoms with E-state index in [4.69, 9.17) is 18.9 Å². The monoisotopic (exact) mass is 407 g/mol. The lowest BCUT2D eigenvalue weighted by molar-refractivity contribution is -0.165. The number of likely N-dealkylation sites (tertiary alicyclic amines) is 1. The number of rotatable bonds is 8. The van der Waals surface area contributed by atoms with Gasteiger partial charge in [-0.25, -0.2) is 4.79 Å². The van der Waals surface area contributed by atoms with Gasteiger partial charge in [0.1, 0.15) is 11.5 Å². The Morgan fingerprint density at radius 2 is 1.62 bits per heavy atom. The first-order valence-corrected chi connectivity index (χ1v) is 9.82. The summed E-state index contributed by atoms with van der Waals surface area (Å²) in [6.45, 7) is 6.09. The lowest BCUT2D eigenvalue weighted by Crippen LogP contribution is -2.46. The van der Waals surface area contributed by atoms with Gasteiger partial charge >= 0.3 is 11.9 Å². The average molecular weight is 407 g/mol. The van der Waals surface area contributed by atoms with Gasteiger partial charge in [-0.1, -0.05) is 0 Å². The Morgan fingerprint density at radius 1 is 1.03 bits per heavy atom. The highest BCUT2D eigenvalue weighted by molar-refractivity contribution is 5.85. The molecule has 1 aromatic carbocycles. The molecule has 1 aromatic rings. The van der Waals surface area contributed by atoms with E-state index in [9.17, 15) is 14.4 Å². The van der Waals surface area contributed by atoms with Crippen molar-refractivity contribution in [2.24, 2.45) is 5.92 Å². The number of carbonyl (C=O) groups is 3. The summed E-state index contributed by atoms with van der Waals surface area (Å²) >= 11 is 0. The maximum Gasteiger partial charge on any atom is 0.347 e. The first-order valence-electron chi connectivity index (χ1n) is 9.82. The molecule has 0 N–H and O–H groups in total. The lowest BCUT2D eigenvalue weighted by atomic mass is 9.97. The van der Waals surface area contributed by atoms with Crippen molar-refractivity contribution in [3.63, 3.8) is 0 Å². The molecule has 1 fully saturated rings. The van der Waals surface area contributed by atoms with Crippen molar-refractivity contribution in [1.29, 1.82) is 0 Å². The van der Waals surface area contributed by atoms with Crippen molar-refractivity contribution in [2.45, 2.75) is 45.8 Å². The second-order valence-electron chi connectivity index (χ2n) is 6.87. The van der Waals surface area contributed by atoms with Crippen LogP contribution in [0.4, 0.5) is 0 Å². The molecular weight excluding hydrogens is 378 g/mol. The van der Waals surface area contributed by atoms with Gasteiger partial charge in [0.15, 0.2) is 12.2 Å². The van der Waals surface area contributed by atoms with Gasteiger partial charge < -0.3 is 23.8 Å². The van der Waals surface area contributed by atoms with Crippen LogP contribution in [0, 0.1) is 5.92 Å². The van der Waals surface area contributed by atoms with Crippen LogP contribution in [0.3, 0.4) is 0 Å². The fraction of sp³-hybridized carbons (Fsp3) is 0.571.